The molecule has 0 unspecified atom stereocenters. The molecule has 1 fully saturated rings. The summed E-state index contributed by atoms with van der Waals surface area (Å²) in [5.41, 5.74) is 0.496. The molecule has 0 amide bonds. The smallest absolute Gasteiger partial charge is 0.214 e. The van der Waals surface area contributed by atoms with E-state index in [1.54, 1.807) is 19.9 Å². The van der Waals surface area contributed by atoms with Crippen LogP contribution < -0.4 is 9.46 Å². The first kappa shape index (κ1) is 21.2. The second-order valence-corrected chi connectivity index (χ2v) is 9.62. The summed E-state index contributed by atoms with van der Waals surface area (Å²) in [5.74, 6) is -0.905. The van der Waals surface area contributed by atoms with Crippen LogP contribution in [0.1, 0.15) is 38.7 Å². The van der Waals surface area contributed by atoms with E-state index < -0.39 is 33.0 Å². The van der Waals surface area contributed by atoms with E-state index in [4.69, 9.17) is 4.74 Å². The van der Waals surface area contributed by atoms with Gasteiger partial charge in [-0.05, 0) is 57.4 Å². The zero-order valence-corrected chi connectivity index (χ0v) is 17.0. The molecule has 0 saturated heterocycles. The molecule has 1 aliphatic carbocycles. The molecule has 0 heterocycles. The largest absolute Gasteiger partial charge is 0.489 e. The fourth-order valence-electron chi connectivity index (χ4n) is 3.36. The molecule has 1 N–H and O–H groups in total. The molecule has 2 atom stereocenters. The van der Waals surface area contributed by atoms with Crippen LogP contribution >= 0.6 is 0 Å². The van der Waals surface area contributed by atoms with Crippen molar-refractivity contribution in [2.75, 3.05) is 0 Å². The molecule has 8 heteroatoms. The molecular formula is C21H22F2N2O3S. The van der Waals surface area contributed by atoms with E-state index in [0.717, 1.165) is 12.5 Å². The first-order valence-electron chi connectivity index (χ1n) is 9.38. The molecule has 0 bridgehead atoms. The van der Waals surface area contributed by atoms with Crippen molar-refractivity contribution < 1.29 is 21.9 Å². The van der Waals surface area contributed by atoms with Gasteiger partial charge in [0.05, 0.1) is 22.9 Å². The number of nitriles is 1. The fraction of sp³-hybridized carbons (Fsp3) is 0.381. The summed E-state index contributed by atoms with van der Waals surface area (Å²) in [6.07, 6.45) is 1.72. The number of nitrogens with one attached hydrogen (secondary N) is 1. The number of nitrogens with zero attached hydrogens (tertiary/aromatic N) is 1. The molecule has 1 saturated carbocycles. The van der Waals surface area contributed by atoms with Crippen molar-refractivity contribution in [1.29, 1.82) is 5.26 Å². The molecule has 29 heavy (non-hydrogen) atoms. The summed E-state index contributed by atoms with van der Waals surface area (Å²) in [4.78, 5) is 0. The van der Waals surface area contributed by atoms with E-state index in [0.29, 0.717) is 18.4 Å². The number of hydrogen-bond donors (Lipinski definition) is 1. The summed E-state index contributed by atoms with van der Waals surface area (Å²) in [7, 11) is -3.43. The highest BCUT2D eigenvalue weighted by Gasteiger charge is 2.33. The Hall–Kier alpha value is -2.50. The lowest BCUT2D eigenvalue weighted by molar-refractivity contribution is 0.184. The van der Waals surface area contributed by atoms with E-state index in [2.05, 4.69) is 4.72 Å². The van der Waals surface area contributed by atoms with Crippen molar-refractivity contribution in [2.24, 2.45) is 0 Å². The number of sulfonamides is 1. The predicted octanol–water partition coefficient (Wildman–Crippen LogP) is 4.13. The predicted molar refractivity (Wildman–Crippen MR) is 106 cm³/mol. The minimum Gasteiger partial charge on any atom is -0.489 e. The number of ether oxygens (including phenoxy) is 1. The minimum atomic E-state index is -3.43. The molecule has 0 aromatic heterocycles. The van der Waals surface area contributed by atoms with Crippen LogP contribution in [-0.4, -0.2) is 25.8 Å². The van der Waals surface area contributed by atoms with Gasteiger partial charge in [-0.2, -0.15) is 5.26 Å². The third-order valence-electron chi connectivity index (χ3n) is 5.01. The summed E-state index contributed by atoms with van der Waals surface area (Å²) in [6, 6.07) is 9.33. The zero-order valence-electron chi connectivity index (χ0n) is 16.2. The second kappa shape index (κ2) is 8.47. The van der Waals surface area contributed by atoms with Gasteiger partial charge in [-0.25, -0.2) is 21.9 Å². The monoisotopic (exact) mass is 420 g/mol. The Morgan fingerprint density at radius 1 is 1.14 bits per heavy atom. The van der Waals surface area contributed by atoms with Crippen molar-refractivity contribution in [3.05, 3.63) is 53.6 Å². The van der Waals surface area contributed by atoms with Gasteiger partial charge in [0.2, 0.25) is 10.0 Å². The van der Waals surface area contributed by atoms with Gasteiger partial charge in [0, 0.05) is 17.2 Å². The first-order valence-corrected chi connectivity index (χ1v) is 10.9. The maximum absolute atomic E-state index is 14.7. The molecule has 0 aliphatic heterocycles. The van der Waals surface area contributed by atoms with E-state index >= 15 is 0 Å². The van der Waals surface area contributed by atoms with Crippen LogP contribution in [0.5, 0.6) is 5.75 Å². The highest BCUT2D eigenvalue weighted by Crippen LogP contribution is 2.31. The highest BCUT2D eigenvalue weighted by molar-refractivity contribution is 7.90. The normalized spacial score (nSPS) is 19.3. The highest BCUT2D eigenvalue weighted by atomic mass is 32.2. The van der Waals surface area contributed by atoms with Crippen LogP contribution in [0.2, 0.25) is 0 Å². The van der Waals surface area contributed by atoms with Crippen molar-refractivity contribution in [1.82, 2.24) is 4.72 Å². The van der Waals surface area contributed by atoms with Crippen LogP contribution in [0.4, 0.5) is 8.78 Å². The summed E-state index contributed by atoms with van der Waals surface area (Å²) < 4.78 is 60.9. The topological polar surface area (TPSA) is 79.2 Å². The molecule has 154 valence electrons. The summed E-state index contributed by atoms with van der Waals surface area (Å²) in [6.45, 7) is 3.21. The van der Waals surface area contributed by atoms with Gasteiger partial charge in [-0.3, -0.25) is 0 Å². The summed E-state index contributed by atoms with van der Waals surface area (Å²) >= 11 is 0. The Morgan fingerprint density at radius 2 is 1.86 bits per heavy atom. The van der Waals surface area contributed by atoms with Gasteiger partial charge in [-0.15, -0.1) is 0 Å². The number of benzene rings is 2. The van der Waals surface area contributed by atoms with Gasteiger partial charge in [0.25, 0.3) is 0 Å². The average Bonchev–Trinajstić information content (AvgIpc) is 3.08. The number of rotatable bonds is 6. The van der Waals surface area contributed by atoms with Crippen LogP contribution in [0.15, 0.2) is 36.4 Å². The number of halogens is 2. The van der Waals surface area contributed by atoms with Crippen LogP contribution in [0.25, 0.3) is 11.1 Å². The molecular weight excluding hydrogens is 398 g/mol. The third kappa shape index (κ3) is 4.74. The van der Waals surface area contributed by atoms with Gasteiger partial charge < -0.3 is 4.74 Å². The lowest BCUT2D eigenvalue weighted by Gasteiger charge is -2.23. The maximum atomic E-state index is 14.7. The van der Waals surface area contributed by atoms with E-state index in [-0.39, 0.29) is 22.9 Å². The minimum absolute atomic E-state index is 0.0384. The molecule has 5 nitrogen and oxygen atoms in total. The Balaban J connectivity index is 1.80. The van der Waals surface area contributed by atoms with Crippen molar-refractivity contribution in [3.63, 3.8) is 0 Å². The first-order chi connectivity index (χ1) is 13.7. The van der Waals surface area contributed by atoms with E-state index in [1.807, 2.05) is 6.07 Å². The molecule has 2 aromatic rings. The molecule has 3 rings (SSSR count). The maximum Gasteiger partial charge on any atom is 0.214 e. The Kier molecular flexibility index (Phi) is 6.20. The standard InChI is InChI=1S/C21H22F2N2O3S/c1-13(2)29(26,27)25-20-4-3-5-21(20)28-16-7-9-18(19(23)11-16)17-8-6-15(22)10-14(17)12-24/h6-11,13,20-21,25H,3-5H2,1-2H3/t20-,21+/m0/s1. The fourth-order valence-corrected chi connectivity index (χ4v) is 4.32. The lowest BCUT2D eigenvalue weighted by Crippen LogP contribution is -2.44. The van der Waals surface area contributed by atoms with Crippen molar-refractivity contribution in [3.8, 4) is 22.9 Å². The van der Waals surface area contributed by atoms with Crippen LogP contribution in [0, 0.1) is 23.0 Å². The van der Waals surface area contributed by atoms with Gasteiger partial charge in [-0.1, -0.05) is 6.07 Å². The number of hydrogen-bond acceptors (Lipinski definition) is 4. The quantitative estimate of drug-likeness (QED) is 0.762. The van der Waals surface area contributed by atoms with Crippen molar-refractivity contribution in [2.45, 2.75) is 50.5 Å². The SMILES string of the molecule is CC(C)S(=O)(=O)N[C@H]1CCC[C@H]1Oc1ccc(-c2ccc(F)cc2C#N)c(F)c1. The zero-order chi connectivity index (χ0) is 21.2. The van der Waals surface area contributed by atoms with E-state index in [1.165, 1.54) is 24.3 Å². The third-order valence-corrected chi connectivity index (χ3v) is 6.88. The van der Waals surface area contributed by atoms with Gasteiger partial charge >= 0.3 is 0 Å². The Bertz CT molecular complexity index is 1050. The molecule has 0 spiro atoms. The molecule has 0 radical (unpaired) electrons. The molecule has 2 aromatic carbocycles. The van der Waals surface area contributed by atoms with Gasteiger partial charge in [0.15, 0.2) is 0 Å². The summed E-state index contributed by atoms with van der Waals surface area (Å²) in [5, 5.41) is 8.63. The van der Waals surface area contributed by atoms with Crippen molar-refractivity contribution >= 4 is 10.0 Å². The Labute approximate surface area is 169 Å². The molecule has 1 aliphatic rings. The van der Waals surface area contributed by atoms with Crippen LogP contribution in [-0.2, 0) is 10.0 Å². The Morgan fingerprint density at radius 3 is 2.52 bits per heavy atom. The van der Waals surface area contributed by atoms with E-state index in [9.17, 15) is 22.5 Å². The van der Waals surface area contributed by atoms with Gasteiger partial charge in [0.1, 0.15) is 23.5 Å². The average molecular weight is 420 g/mol. The lowest BCUT2D eigenvalue weighted by atomic mass is 9.99. The second-order valence-electron chi connectivity index (χ2n) is 7.35. The van der Waals surface area contributed by atoms with Crippen LogP contribution in [0.3, 0.4) is 0 Å².